The Morgan fingerprint density at radius 1 is 1.21 bits per heavy atom. The molecule has 0 aliphatic heterocycles. The fourth-order valence-electron chi connectivity index (χ4n) is 1.31. The van der Waals surface area contributed by atoms with Crippen LogP contribution in [0.5, 0.6) is 0 Å². The van der Waals surface area contributed by atoms with Gasteiger partial charge in [-0.25, -0.2) is 0 Å². The number of rotatable bonds is 1. The molecule has 0 heterocycles. The topological polar surface area (TPSA) is 0 Å². The lowest BCUT2D eigenvalue weighted by atomic mass is 9.99. The summed E-state index contributed by atoms with van der Waals surface area (Å²) >= 11 is 3.09. The van der Waals surface area contributed by atoms with E-state index in [4.69, 9.17) is 0 Å². The van der Waals surface area contributed by atoms with Crippen molar-refractivity contribution in [1.29, 1.82) is 0 Å². The molecule has 1 aromatic carbocycles. The van der Waals surface area contributed by atoms with E-state index in [2.05, 4.69) is 15.9 Å². The molecule has 0 spiro atoms. The Bertz CT molecular complexity index is 342. The van der Waals surface area contributed by atoms with Crippen LogP contribution in [0.3, 0.4) is 0 Å². The second-order valence-corrected chi connectivity index (χ2v) is 3.73. The van der Waals surface area contributed by atoms with Gasteiger partial charge in [0.15, 0.2) is 0 Å². The lowest BCUT2D eigenvalue weighted by molar-refractivity contribution is -0.138. The van der Waals surface area contributed by atoms with Gasteiger partial charge in [-0.3, -0.25) is 0 Å². The first-order valence-electron chi connectivity index (χ1n) is 4.10. The van der Waals surface area contributed by atoms with Crippen LogP contribution >= 0.6 is 15.9 Å². The van der Waals surface area contributed by atoms with Crippen LogP contribution in [-0.4, -0.2) is 0 Å². The number of halogens is 4. The monoisotopic (exact) mass is 266 g/mol. The molecule has 0 aliphatic carbocycles. The van der Waals surface area contributed by atoms with Crippen LogP contribution in [0.15, 0.2) is 12.1 Å². The van der Waals surface area contributed by atoms with E-state index in [-0.39, 0.29) is 5.33 Å². The van der Waals surface area contributed by atoms with Crippen LogP contribution in [0, 0.1) is 13.8 Å². The van der Waals surface area contributed by atoms with Gasteiger partial charge in [-0.2, -0.15) is 13.2 Å². The molecule has 0 nitrogen and oxygen atoms in total. The Kier molecular flexibility index (Phi) is 3.24. The van der Waals surface area contributed by atoms with E-state index in [1.165, 1.54) is 6.07 Å². The summed E-state index contributed by atoms with van der Waals surface area (Å²) in [6.45, 7) is 3.52. The van der Waals surface area contributed by atoms with Gasteiger partial charge >= 0.3 is 6.18 Å². The Labute approximate surface area is 89.3 Å². The molecule has 14 heavy (non-hydrogen) atoms. The highest BCUT2D eigenvalue weighted by Gasteiger charge is 2.33. The maximum atomic E-state index is 12.5. The number of hydrogen-bond acceptors (Lipinski definition) is 0. The van der Waals surface area contributed by atoms with Crippen LogP contribution in [0.4, 0.5) is 13.2 Å². The molecule has 4 heteroatoms. The number of alkyl halides is 4. The molecule has 0 unspecified atom stereocenters. The fourth-order valence-corrected chi connectivity index (χ4v) is 2.03. The third-order valence-electron chi connectivity index (χ3n) is 2.31. The second kappa shape index (κ2) is 3.93. The van der Waals surface area contributed by atoms with Gasteiger partial charge in [-0.15, -0.1) is 0 Å². The van der Waals surface area contributed by atoms with Crippen molar-refractivity contribution in [3.05, 3.63) is 34.4 Å². The zero-order valence-corrected chi connectivity index (χ0v) is 9.46. The van der Waals surface area contributed by atoms with Gasteiger partial charge in [-0.05, 0) is 36.6 Å². The van der Waals surface area contributed by atoms with E-state index in [0.717, 1.165) is 11.6 Å². The van der Waals surface area contributed by atoms with Gasteiger partial charge in [0.25, 0.3) is 0 Å². The van der Waals surface area contributed by atoms with Crippen molar-refractivity contribution in [2.75, 3.05) is 0 Å². The van der Waals surface area contributed by atoms with Crippen LogP contribution < -0.4 is 0 Å². The summed E-state index contributed by atoms with van der Waals surface area (Å²) in [5.74, 6) is 0. The van der Waals surface area contributed by atoms with Crippen molar-refractivity contribution in [2.24, 2.45) is 0 Å². The summed E-state index contributed by atoms with van der Waals surface area (Å²) in [5.41, 5.74) is 1.37. The molecule has 0 fully saturated rings. The Hall–Kier alpha value is -0.510. The maximum Gasteiger partial charge on any atom is 0.416 e. The first-order valence-corrected chi connectivity index (χ1v) is 5.22. The maximum absolute atomic E-state index is 12.5. The van der Waals surface area contributed by atoms with E-state index in [0.29, 0.717) is 11.1 Å². The predicted molar refractivity (Wildman–Crippen MR) is 53.5 cm³/mol. The van der Waals surface area contributed by atoms with Gasteiger partial charge < -0.3 is 0 Å². The average Bonchev–Trinajstić information content (AvgIpc) is 2.07. The number of hydrogen-bond donors (Lipinski definition) is 0. The highest BCUT2D eigenvalue weighted by molar-refractivity contribution is 9.08. The first kappa shape index (κ1) is 11.6. The minimum absolute atomic E-state index is 0.232. The zero-order chi connectivity index (χ0) is 10.9. The summed E-state index contributed by atoms with van der Waals surface area (Å²) in [4.78, 5) is 0. The molecule has 78 valence electrons. The molecule has 1 aromatic rings. The normalized spacial score (nSPS) is 11.9. The SMILES string of the molecule is Cc1ccc(C(F)(F)F)c(CBr)c1C. The van der Waals surface area contributed by atoms with E-state index in [1.54, 1.807) is 6.92 Å². The Balaban J connectivity index is 3.39. The van der Waals surface area contributed by atoms with Crippen molar-refractivity contribution in [1.82, 2.24) is 0 Å². The summed E-state index contributed by atoms with van der Waals surface area (Å²) in [7, 11) is 0. The van der Waals surface area contributed by atoms with Crippen molar-refractivity contribution in [2.45, 2.75) is 25.4 Å². The largest absolute Gasteiger partial charge is 0.416 e. The molecular formula is C10H10BrF3. The van der Waals surface area contributed by atoms with Gasteiger partial charge in [0, 0.05) is 5.33 Å². The fraction of sp³-hybridized carbons (Fsp3) is 0.400. The van der Waals surface area contributed by atoms with E-state index < -0.39 is 11.7 Å². The smallest absolute Gasteiger partial charge is 0.166 e. The molecule has 0 N–H and O–H groups in total. The highest BCUT2D eigenvalue weighted by Crippen LogP contribution is 2.35. The standard InChI is InChI=1S/C10H10BrF3/c1-6-3-4-9(10(12,13)14)8(5-11)7(6)2/h3-4H,5H2,1-2H3. The van der Waals surface area contributed by atoms with Crippen molar-refractivity contribution in [3.63, 3.8) is 0 Å². The lowest BCUT2D eigenvalue weighted by Gasteiger charge is -2.15. The number of aryl methyl sites for hydroxylation is 1. The minimum Gasteiger partial charge on any atom is -0.166 e. The molecule has 0 bridgehead atoms. The molecular weight excluding hydrogens is 257 g/mol. The average molecular weight is 267 g/mol. The second-order valence-electron chi connectivity index (χ2n) is 3.16. The van der Waals surface area contributed by atoms with E-state index in [9.17, 15) is 13.2 Å². The molecule has 0 amide bonds. The predicted octanol–water partition coefficient (Wildman–Crippen LogP) is 4.22. The molecule has 0 atom stereocenters. The van der Waals surface area contributed by atoms with Gasteiger partial charge in [-0.1, -0.05) is 22.0 Å². The van der Waals surface area contributed by atoms with Gasteiger partial charge in [0.1, 0.15) is 0 Å². The van der Waals surface area contributed by atoms with Crippen molar-refractivity contribution >= 4 is 15.9 Å². The number of benzene rings is 1. The molecule has 0 radical (unpaired) electrons. The van der Waals surface area contributed by atoms with Gasteiger partial charge in [0.05, 0.1) is 5.56 Å². The highest BCUT2D eigenvalue weighted by atomic mass is 79.9. The summed E-state index contributed by atoms with van der Waals surface area (Å²) in [6.07, 6.45) is -4.26. The van der Waals surface area contributed by atoms with Crippen LogP contribution in [0.2, 0.25) is 0 Å². The summed E-state index contributed by atoms with van der Waals surface area (Å²) in [5, 5.41) is 0.232. The third-order valence-corrected chi connectivity index (χ3v) is 2.87. The van der Waals surface area contributed by atoms with Crippen LogP contribution in [0.1, 0.15) is 22.3 Å². The lowest BCUT2D eigenvalue weighted by Crippen LogP contribution is -2.10. The Morgan fingerprint density at radius 3 is 2.21 bits per heavy atom. The summed E-state index contributed by atoms with van der Waals surface area (Å²) in [6, 6.07) is 2.64. The van der Waals surface area contributed by atoms with E-state index in [1.807, 2.05) is 6.92 Å². The molecule has 0 saturated heterocycles. The zero-order valence-electron chi connectivity index (χ0n) is 7.87. The Morgan fingerprint density at radius 2 is 1.79 bits per heavy atom. The van der Waals surface area contributed by atoms with Crippen LogP contribution in [0.25, 0.3) is 0 Å². The molecule has 1 rings (SSSR count). The van der Waals surface area contributed by atoms with Crippen LogP contribution in [-0.2, 0) is 11.5 Å². The van der Waals surface area contributed by atoms with Crippen molar-refractivity contribution in [3.8, 4) is 0 Å². The van der Waals surface area contributed by atoms with Crippen molar-refractivity contribution < 1.29 is 13.2 Å². The molecule has 0 aromatic heterocycles. The van der Waals surface area contributed by atoms with Gasteiger partial charge in [0.2, 0.25) is 0 Å². The van der Waals surface area contributed by atoms with E-state index >= 15 is 0 Å². The first-order chi connectivity index (χ1) is 6.38. The third kappa shape index (κ3) is 2.11. The minimum atomic E-state index is -4.26. The quantitative estimate of drug-likeness (QED) is 0.668. The molecule has 0 saturated carbocycles. The summed E-state index contributed by atoms with van der Waals surface area (Å²) < 4.78 is 37.6. The molecule has 0 aliphatic rings.